The molecule has 3 rings (SSSR count). The summed E-state index contributed by atoms with van der Waals surface area (Å²) in [5.74, 6) is 0. The molecule has 0 unspecified atom stereocenters. The molecule has 0 bridgehead atoms. The Hall–Kier alpha value is -1.07. The molecule has 0 spiro atoms. The maximum Gasteiger partial charge on any atom is 0.243 e. The molecule has 1 fully saturated rings. The van der Waals surface area contributed by atoms with Crippen LogP contribution in [0.4, 0.5) is 5.69 Å². The molecule has 1 aliphatic heterocycles. The molecular formula is C16H24N2O2S. The van der Waals surface area contributed by atoms with Crippen LogP contribution in [0.2, 0.25) is 0 Å². The minimum atomic E-state index is -3.37. The van der Waals surface area contributed by atoms with Crippen LogP contribution in [0.3, 0.4) is 0 Å². The summed E-state index contributed by atoms with van der Waals surface area (Å²) in [6.45, 7) is 0.973. The molecule has 1 heterocycles. The second kappa shape index (κ2) is 5.97. The summed E-state index contributed by atoms with van der Waals surface area (Å²) in [4.78, 5) is 0.443. The Morgan fingerprint density at radius 1 is 1.14 bits per heavy atom. The van der Waals surface area contributed by atoms with Crippen molar-refractivity contribution in [3.63, 3.8) is 0 Å². The molecule has 4 nitrogen and oxygen atoms in total. The summed E-state index contributed by atoms with van der Waals surface area (Å²) in [5, 5.41) is 3.33. The van der Waals surface area contributed by atoms with Crippen molar-refractivity contribution in [3.8, 4) is 0 Å². The fourth-order valence-corrected chi connectivity index (χ4v) is 4.89. The molecule has 116 valence electrons. The van der Waals surface area contributed by atoms with E-state index in [4.69, 9.17) is 0 Å². The van der Waals surface area contributed by atoms with Gasteiger partial charge in [0, 0.05) is 25.3 Å². The minimum absolute atomic E-state index is 0.165. The van der Waals surface area contributed by atoms with E-state index in [1.165, 1.54) is 6.42 Å². The highest BCUT2D eigenvalue weighted by molar-refractivity contribution is 7.89. The number of fused-ring (bicyclic) bond motifs is 1. The topological polar surface area (TPSA) is 49.4 Å². The normalized spacial score (nSPS) is 20.1. The Kier molecular flexibility index (Phi) is 4.22. The average Bonchev–Trinajstić information content (AvgIpc) is 2.54. The zero-order chi connectivity index (χ0) is 14.9. The van der Waals surface area contributed by atoms with Crippen molar-refractivity contribution in [2.45, 2.75) is 55.9 Å². The van der Waals surface area contributed by atoms with Gasteiger partial charge in [-0.25, -0.2) is 8.42 Å². The minimum Gasteiger partial charge on any atom is -0.385 e. The van der Waals surface area contributed by atoms with Gasteiger partial charge in [-0.1, -0.05) is 19.3 Å². The van der Waals surface area contributed by atoms with E-state index in [9.17, 15) is 8.42 Å². The fourth-order valence-electron chi connectivity index (χ4n) is 3.42. The quantitative estimate of drug-likeness (QED) is 0.934. The molecule has 0 aromatic heterocycles. The molecule has 0 radical (unpaired) electrons. The molecular weight excluding hydrogens is 284 g/mol. The largest absolute Gasteiger partial charge is 0.385 e. The lowest BCUT2D eigenvalue weighted by Gasteiger charge is -2.30. The second-order valence-corrected chi connectivity index (χ2v) is 8.16. The van der Waals surface area contributed by atoms with Gasteiger partial charge in [-0.05, 0) is 49.4 Å². The van der Waals surface area contributed by atoms with Crippen LogP contribution >= 0.6 is 0 Å². The number of nitrogens with one attached hydrogen (secondary N) is 1. The van der Waals surface area contributed by atoms with E-state index in [0.29, 0.717) is 4.90 Å². The monoisotopic (exact) mass is 308 g/mol. The maximum atomic E-state index is 12.8. The number of aryl methyl sites for hydroxylation is 1. The Bertz CT molecular complexity index is 607. The molecule has 0 saturated heterocycles. The van der Waals surface area contributed by atoms with Gasteiger partial charge in [0.25, 0.3) is 0 Å². The zero-order valence-corrected chi connectivity index (χ0v) is 13.5. The molecule has 1 aromatic carbocycles. The van der Waals surface area contributed by atoms with E-state index in [-0.39, 0.29) is 6.04 Å². The number of hydrogen-bond acceptors (Lipinski definition) is 3. The third kappa shape index (κ3) is 2.94. The summed E-state index contributed by atoms with van der Waals surface area (Å²) < 4.78 is 27.2. The SMILES string of the molecule is CN(C1CCCCC1)S(=O)(=O)c1ccc2c(c1)CCCN2. The molecule has 1 aromatic rings. The van der Waals surface area contributed by atoms with Crippen molar-refractivity contribution in [2.75, 3.05) is 18.9 Å². The van der Waals surface area contributed by atoms with Gasteiger partial charge in [-0.15, -0.1) is 0 Å². The second-order valence-electron chi connectivity index (χ2n) is 6.16. The maximum absolute atomic E-state index is 12.8. The van der Waals surface area contributed by atoms with E-state index in [1.807, 2.05) is 12.1 Å². The number of sulfonamides is 1. The predicted molar refractivity (Wildman–Crippen MR) is 85.1 cm³/mol. The van der Waals surface area contributed by atoms with Crippen molar-refractivity contribution >= 4 is 15.7 Å². The number of anilines is 1. The van der Waals surface area contributed by atoms with Crippen LogP contribution in [-0.4, -0.2) is 32.4 Å². The van der Waals surface area contributed by atoms with E-state index in [0.717, 1.165) is 56.3 Å². The van der Waals surface area contributed by atoms with Gasteiger partial charge in [0.05, 0.1) is 4.90 Å². The van der Waals surface area contributed by atoms with Gasteiger partial charge in [0.1, 0.15) is 0 Å². The van der Waals surface area contributed by atoms with E-state index in [1.54, 1.807) is 17.4 Å². The smallest absolute Gasteiger partial charge is 0.243 e. The average molecular weight is 308 g/mol. The molecule has 21 heavy (non-hydrogen) atoms. The van der Waals surface area contributed by atoms with Crippen LogP contribution < -0.4 is 5.32 Å². The number of benzene rings is 1. The molecule has 1 N–H and O–H groups in total. The van der Waals surface area contributed by atoms with Crippen molar-refractivity contribution in [1.82, 2.24) is 4.31 Å². The first kappa shape index (κ1) is 14.9. The highest BCUT2D eigenvalue weighted by atomic mass is 32.2. The number of rotatable bonds is 3. The predicted octanol–water partition coefficient (Wildman–Crippen LogP) is 3.00. The lowest BCUT2D eigenvalue weighted by Crippen LogP contribution is -2.38. The number of hydrogen-bond donors (Lipinski definition) is 1. The van der Waals surface area contributed by atoms with Crippen LogP contribution in [0.1, 0.15) is 44.1 Å². The Labute approximate surface area is 127 Å². The van der Waals surface area contributed by atoms with Gasteiger partial charge in [-0.3, -0.25) is 0 Å². The van der Waals surface area contributed by atoms with Crippen LogP contribution in [0, 0.1) is 0 Å². The van der Waals surface area contributed by atoms with Crippen LogP contribution in [0.5, 0.6) is 0 Å². The van der Waals surface area contributed by atoms with Gasteiger partial charge in [0.15, 0.2) is 0 Å². The molecule has 1 aliphatic carbocycles. The van der Waals surface area contributed by atoms with Crippen molar-refractivity contribution in [3.05, 3.63) is 23.8 Å². The van der Waals surface area contributed by atoms with Crippen molar-refractivity contribution in [1.29, 1.82) is 0 Å². The van der Waals surface area contributed by atoms with Crippen molar-refractivity contribution < 1.29 is 8.42 Å². The Morgan fingerprint density at radius 3 is 2.67 bits per heavy atom. The molecule has 1 saturated carbocycles. The first-order valence-electron chi connectivity index (χ1n) is 7.94. The highest BCUT2D eigenvalue weighted by Gasteiger charge is 2.29. The standard InChI is InChI=1S/C16H24N2O2S/c1-18(14-7-3-2-4-8-14)21(19,20)15-9-10-16-13(12-15)6-5-11-17-16/h9-10,12,14,17H,2-8,11H2,1H3. The zero-order valence-electron chi connectivity index (χ0n) is 12.6. The fraction of sp³-hybridized carbons (Fsp3) is 0.625. The lowest BCUT2D eigenvalue weighted by atomic mass is 9.96. The highest BCUT2D eigenvalue weighted by Crippen LogP contribution is 2.29. The van der Waals surface area contributed by atoms with E-state index >= 15 is 0 Å². The number of nitrogens with zero attached hydrogens (tertiary/aromatic N) is 1. The summed E-state index contributed by atoms with van der Waals surface area (Å²) in [6, 6.07) is 5.68. The van der Waals surface area contributed by atoms with E-state index < -0.39 is 10.0 Å². The first-order valence-corrected chi connectivity index (χ1v) is 9.38. The summed E-state index contributed by atoms with van der Waals surface area (Å²) in [6.07, 6.45) is 7.50. The lowest BCUT2D eigenvalue weighted by molar-refractivity contribution is 0.286. The Morgan fingerprint density at radius 2 is 1.90 bits per heavy atom. The third-order valence-corrected chi connectivity index (χ3v) is 6.69. The molecule has 0 atom stereocenters. The third-order valence-electron chi connectivity index (χ3n) is 4.78. The van der Waals surface area contributed by atoms with Crippen LogP contribution in [0.25, 0.3) is 0 Å². The summed E-state index contributed by atoms with van der Waals surface area (Å²) in [5.41, 5.74) is 2.21. The molecule has 0 amide bonds. The summed E-state index contributed by atoms with van der Waals surface area (Å²) >= 11 is 0. The first-order chi connectivity index (χ1) is 10.1. The molecule has 2 aliphatic rings. The van der Waals surface area contributed by atoms with Crippen molar-refractivity contribution in [2.24, 2.45) is 0 Å². The van der Waals surface area contributed by atoms with Gasteiger partial charge >= 0.3 is 0 Å². The van der Waals surface area contributed by atoms with Gasteiger partial charge < -0.3 is 5.32 Å². The van der Waals surface area contributed by atoms with Crippen LogP contribution in [0.15, 0.2) is 23.1 Å². The van der Waals surface area contributed by atoms with Gasteiger partial charge in [0.2, 0.25) is 10.0 Å². The Balaban J connectivity index is 1.86. The van der Waals surface area contributed by atoms with Crippen LogP contribution in [-0.2, 0) is 16.4 Å². The van der Waals surface area contributed by atoms with E-state index in [2.05, 4.69) is 5.32 Å². The van der Waals surface area contributed by atoms with Gasteiger partial charge in [-0.2, -0.15) is 4.31 Å². The summed E-state index contributed by atoms with van der Waals surface area (Å²) in [7, 11) is -1.63. The molecule has 5 heteroatoms.